The van der Waals surface area contributed by atoms with Gasteiger partial charge in [-0.15, -0.1) is 11.3 Å². The van der Waals surface area contributed by atoms with Crippen LogP contribution in [0.2, 0.25) is 0 Å². The van der Waals surface area contributed by atoms with Crippen molar-refractivity contribution >= 4 is 27.8 Å². The van der Waals surface area contributed by atoms with Crippen molar-refractivity contribution in [1.29, 1.82) is 0 Å². The van der Waals surface area contributed by atoms with E-state index in [1.54, 1.807) is 0 Å². The Balaban J connectivity index is 2.26. The highest BCUT2D eigenvalue weighted by Crippen LogP contribution is 2.28. The minimum atomic E-state index is 0.670. The number of nitrogen functional groups attached to an aromatic ring is 2. The molecule has 0 saturated heterocycles. The van der Waals surface area contributed by atoms with Crippen LogP contribution < -0.4 is 17.0 Å². The summed E-state index contributed by atoms with van der Waals surface area (Å²) in [5, 5.41) is 2.61. The predicted octanol–water partition coefficient (Wildman–Crippen LogP) is 1.63. The fraction of sp³-hybridized carbons (Fsp3) is 0.0909. The van der Waals surface area contributed by atoms with Gasteiger partial charge < -0.3 is 5.73 Å². The summed E-state index contributed by atoms with van der Waals surface area (Å²) >= 11 is 1.45. The van der Waals surface area contributed by atoms with Crippen LogP contribution >= 0.6 is 11.3 Å². The highest BCUT2D eigenvalue weighted by atomic mass is 32.1. The first-order valence-electron chi connectivity index (χ1n) is 5.36. The predicted molar refractivity (Wildman–Crippen MR) is 73.3 cm³/mol. The third-order valence-electron chi connectivity index (χ3n) is 2.69. The van der Waals surface area contributed by atoms with Crippen LogP contribution in [-0.4, -0.2) is 14.4 Å². The van der Waals surface area contributed by atoms with E-state index in [1.807, 2.05) is 35.0 Å². The summed E-state index contributed by atoms with van der Waals surface area (Å²) < 4.78 is 1.94. The van der Waals surface area contributed by atoms with Crippen LogP contribution in [0.25, 0.3) is 17.0 Å². The fourth-order valence-corrected chi connectivity index (χ4v) is 2.54. The monoisotopic (exact) mass is 260 g/mol. The summed E-state index contributed by atoms with van der Waals surface area (Å²) in [6, 6.07) is 3.72. The fourth-order valence-electron chi connectivity index (χ4n) is 1.94. The van der Waals surface area contributed by atoms with E-state index in [0.717, 1.165) is 22.7 Å². The number of aryl methyl sites for hydroxylation is 1. The number of pyridine rings is 1. The lowest BCUT2D eigenvalue weighted by molar-refractivity contribution is 1.17. The summed E-state index contributed by atoms with van der Waals surface area (Å²) in [5.74, 6) is 5.35. The van der Waals surface area contributed by atoms with Gasteiger partial charge in [-0.1, -0.05) is 0 Å². The van der Waals surface area contributed by atoms with Gasteiger partial charge in [-0.05, 0) is 19.1 Å². The van der Waals surface area contributed by atoms with E-state index in [4.69, 9.17) is 11.6 Å². The molecule has 0 bridgehead atoms. The zero-order valence-electron chi connectivity index (χ0n) is 9.71. The first-order chi connectivity index (χ1) is 8.69. The number of imidazole rings is 1. The smallest absolute Gasteiger partial charge is 0.197 e. The number of aromatic nitrogens is 3. The van der Waals surface area contributed by atoms with Gasteiger partial charge in [0, 0.05) is 17.3 Å². The molecule has 3 rings (SSSR count). The number of rotatable bonds is 2. The average Bonchev–Trinajstić information content (AvgIpc) is 2.92. The minimum Gasteiger partial charge on any atom is -0.398 e. The summed E-state index contributed by atoms with van der Waals surface area (Å²) in [4.78, 5) is 8.88. The van der Waals surface area contributed by atoms with Crippen LogP contribution in [0, 0.1) is 6.92 Å². The number of hydrazine groups is 1. The topological polar surface area (TPSA) is 94.3 Å². The Morgan fingerprint density at radius 1 is 1.33 bits per heavy atom. The highest BCUT2D eigenvalue weighted by molar-refractivity contribution is 7.14. The molecule has 0 fully saturated rings. The Kier molecular flexibility index (Phi) is 2.42. The summed E-state index contributed by atoms with van der Waals surface area (Å²) in [6.07, 6.45) is 1.85. The number of nitrogens with one attached hydrogen (secondary N) is 1. The van der Waals surface area contributed by atoms with Crippen molar-refractivity contribution in [3.05, 3.63) is 29.4 Å². The van der Waals surface area contributed by atoms with Crippen molar-refractivity contribution in [2.45, 2.75) is 6.92 Å². The number of thiazole rings is 1. The van der Waals surface area contributed by atoms with Crippen molar-refractivity contribution in [2.75, 3.05) is 11.2 Å². The molecule has 18 heavy (non-hydrogen) atoms. The largest absolute Gasteiger partial charge is 0.398 e. The third kappa shape index (κ3) is 1.60. The minimum absolute atomic E-state index is 0.670. The summed E-state index contributed by atoms with van der Waals surface area (Å²) in [7, 11) is 0. The van der Waals surface area contributed by atoms with Crippen LogP contribution in [0.4, 0.5) is 10.8 Å². The van der Waals surface area contributed by atoms with Gasteiger partial charge in [-0.3, -0.25) is 9.83 Å². The Labute approximate surface area is 107 Å². The van der Waals surface area contributed by atoms with Gasteiger partial charge in [-0.25, -0.2) is 15.8 Å². The zero-order valence-corrected chi connectivity index (χ0v) is 10.5. The molecule has 3 aromatic rings. The molecule has 0 aromatic carbocycles. The molecule has 0 aliphatic rings. The lowest BCUT2D eigenvalue weighted by atomic mass is 10.3. The number of fused-ring (bicyclic) bond motifs is 1. The first-order valence-corrected chi connectivity index (χ1v) is 6.23. The van der Waals surface area contributed by atoms with Gasteiger partial charge in [0.2, 0.25) is 0 Å². The van der Waals surface area contributed by atoms with Crippen molar-refractivity contribution < 1.29 is 0 Å². The molecule has 5 N–H and O–H groups in total. The van der Waals surface area contributed by atoms with Crippen molar-refractivity contribution in [2.24, 2.45) is 5.84 Å². The van der Waals surface area contributed by atoms with Crippen LogP contribution in [0.1, 0.15) is 5.69 Å². The molecule has 0 amide bonds. The molecule has 92 valence electrons. The van der Waals surface area contributed by atoms with Crippen molar-refractivity contribution in [1.82, 2.24) is 14.4 Å². The Morgan fingerprint density at radius 3 is 2.89 bits per heavy atom. The number of nitrogens with zero attached hydrogens (tertiary/aromatic N) is 3. The summed E-state index contributed by atoms with van der Waals surface area (Å²) in [6.45, 7) is 1.95. The number of anilines is 2. The van der Waals surface area contributed by atoms with E-state index in [2.05, 4.69) is 15.4 Å². The molecule has 7 heteroatoms. The van der Waals surface area contributed by atoms with E-state index in [-0.39, 0.29) is 0 Å². The van der Waals surface area contributed by atoms with Crippen LogP contribution in [0.3, 0.4) is 0 Å². The quantitative estimate of drug-likeness (QED) is 0.481. The van der Waals surface area contributed by atoms with E-state index in [0.29, 0.717) is 10.8 Å². The van der Waals surface area contributed by atoms with Crippen LogP contribution in [-0.2, 0) is 0 Å². The lowest BCUT2D eigenvalue weighted by Gasteiger charge is -2.00. The highest BCUT2D eigenvalue weighted by Gasteiger charge is 2.13. The maximum Gasteiger partial charge on any atom is 0.197 e. The Morgan fingerprint density at radius 2 is 2.17 bits per heavy atom. The third-order valence-corrected chi connectivity index (χ3v) is 3.46. The van der Waals surface area contributed by atoms with Crippen LogP contribution in [0.15, 0.2) is 23.7 Å². The SMILES string of the molecule is Cc1nc2ccc(N)cn2c1-c1csc(NN)n1. The Hall–Kier alpha value is -2.12. The molecule has 0 aliphatic heterocycles. The molecule has 0 spiro atoms. The molecule has 0 saturated carbocycles. The Bertz CT molecular complexity index is 713. The van der Waals surface area contributed by atoms with Gasteiger partial charge in [-0.2, -0.15) is 0 Å². The standard InChI is InChI=1S/C11H12N6S/c1-6-10(8-5-18-11(15-8)16-13)17-4-7(12)2-3-9(17)14-6/h2-5H,12-13H2,1H3,(H,15,16). The van der Waals surface area contributed by atoms with Gasteiger partial charge in [0.1, 0.15) is 11.3 Å². The summed E-state index contributed by atoms with van der Waals surface area (Å²) in [5.41, 5.74) is 12.6. The maximum atomic E-state index is 5.81. The maximum absolute atomic E-state index is 5.81. The van der Waals surface area contributed by atoms with E-state index in [1.165, 1.54) is 11.3 Å². The van der Waals surface area contributed by atoms with E-state index >= 15 is 0 Å². The first kappa shape index (κ1) is 11.0. The molecule has 0 aliphatic carbocycles. The second-order valence-electron chi connectivity index (χ2n) is 3.92. The molecule has 0 atom stereocenters. The second-order valence-corrected chi connectivity index (χ2v) is 4.78. The molecule has 0 unspecified atom stereocenters. The van der Waals surface area contributed by atoms with Crippen LogP contribution in [0.5, 0.6) is 0 Å². The zero-order chi connectivity index (χ0) is 12.7. The molecular weight excluding hydrogens is 248 g/mol. The van der Waals surface area contributed by atoms with Crippen molar-refractivity contribution in [3.63, 3.8) is 0 Å². The lowest BCUT2D eigenvalue weighted by Crippen LogP contribution is -2.05. The normalized spacial score (nSPS) is 11.0. The molecule has 6 nitrogen and oxygen atoms in total. The van der Waals surface area contributed by atoms with Crippen molar-refractivity contribution in [3.8, 4) is 11.4 Å². The van der Waals surface area contributed by atoms with E-state index < -0.39 is 0 Å². The number of hydrogen-bond donors (Lipinski definition) is 3. The van der Waals surface area contributed by atoms with Gasteiger partial charge in [0.15, 0.2) is 5.13 Å². The average molecular weight is 260 g/mol. The second kappa shape index (κ2) is 3.97. The molecule has 0 radical (unpaired) electrons. The number of nitrogens with two attached hydrogens (primary N) is 2. The molecule has 3 aromatic heterocycles. The van der Waals surface area contributed by atoms with E-state index in [9.17, 15) is 0 Å². The van der Waals surface area contributed by atoms with Gasteiger partial charge >= 0.3 is 0 Å². The van der Waals surface area contributed by atoms with Gasteiger partial charge in [0.25, 0.3) is 0 Å². The molecule has 3 heterocycles. The molecular formula is C11H12N6S. The number of hydrogen-bond acceptors (Lipinski definition) is 6. The van der Waals surface area contributed by atoms with Gasteiger partial charge in [0.05, 0.1) is 11.4 Å².